The van der Waals surface area contributed by atoms with E-state index in [9.17, 15) is 18.8 Å². The summed E-state index contributed by atoms with van der Waals surface area (Å²) in [6.07, 6.45) is 0.892. The zero-order valence-electron chi connectivity index (χ0n) is 14.8. The Kier molecular flexibility index (Phi) is 7.34. The van der Waals surface area contributed by atoms with E-state index in [0.29, 0.717) is 39.3 Å². The van der Waals surface area contributed by atoms with E-state index in [4.69, 9.17) is 0 Å². The van der Waals surface area contributed by atoms with Crippen molar-refractivity contribution in [2.24, 2.45) is 0 Å². The highest BCUT2D eigenvalue weighted by Gasteiger charge is 2.22. The van der Waals surface area contributed by atoms with Crippen molar-refractivity contribution in [1.82, 2.24) is 26.0 Å². The molecule has 1 aromatic carbocycles. The lowest BCUT2D eigenvalue weighted by molar-refractivity contribution is -0.122. The molecule has 9 heteroatoms. The molecular weight excluding hydrogens is 341 g/mol. The van der Waals surface area contributed by atoms with Crippen LogP contribution in [0.5, 0.6) is 0 Å². The number of carbonyl (C=O) groups excluding carboxylic acids is 3. The van der Waals surface area contributed by atoms with Gasteiger partial charge in [-0.1, -0.05) is 6.92 Å². The van der Waals surface area contributed by atoms with Crippen LogP contribution in [-0.4, -0.2) is 66.9 Å². The molecule has 0 spiro atoms. The normalized spacial score (nSPS) is 14.6. The van der Waals surface area contributed by atoms with Crippen LogP contribution in [0.2, 0.25) is 0 Å². The Bertz CT molecular complexity index is 630. The Morgan fingerprint density at radius 2 is 1.69 bits per heavy atom. The minimum atomic E-state index is -0.524. The summed E-state index contributed by atoms with van der Waals surface area (Å²) in [5.41, 5.74) is 4.89. The Morgan fingerprint density at radius 1 is 1.04 bits per heavy atom. The topological polar surface area (TPSA) is 93.8 Å². The first-order valence-corrected chi connectivity index (χ1v) is 8.59. The molecule has 0 atom stereocenters. The van der Waals surface area contributed by atoms with Gasteiger partial charge in [-0.25, -0.2) is 14.6 Å². The molecule has 0 aromatic heterocycles. The molecule has 1 aliphatic heterocycles. The number of hydrogen-bond donors (Lipinski definition) is 3. The lowest BCUT2D eigenvalue weighted by atomic mass is 10.2. The first-order valence-electron chi connectivity index (χ1n) is 8.59. The number of carbonyl (C=O) groups is 3. The van der Waals surface area contributed by atoms with Gasteiger partial charge < -0.3 is 10.2 Å². The molecule has 0 radical (unpaired) electrons. The van der Waals surface area contributed by atoms with Crippen molar-refractivity contribution in [3.63, 3.8) is 0 Å². The maximum Gasteiger partial charge on any atom is 0.336 e. The van der Waals surface area contributed by atoms with Crippen molar-refractivity contribution in [2.75, 3.05) is 39.3 Å². The number of hydrazine groups is 1. The quantitative estimate of drug-likeness (QED) is 0.656. The third-order valence-corrected chi connectivity index (χ3v) is 3.99. The molecule has 0 saturated carbocycles. The van der Waals surface area contributed by atoms with Crippen molar-refractivity contribution in [3.05, 3.63) is 35.6 Å². The third-order valence-electron chi connectivity index (χ3n) is 3.99. The van der Waals surface area contributed by atoms with Crippen LogP contribution >= 0.6 is 0 Å². The van der Waals surface area contributed by atoms with Gasteiger partial charge in [0.25, 0.3) is 5.91 Å². The Morgan fingerprint density at radius 3 is 2.31 bits per heavy atom. The molecule has 1 aliphatic rings. The fraction of sp³-hybridized carbons (Fsp3) is 0.471. The molecule has 8 nitrogen and oxygen atoms in total. The zero-order valence-corrected chi connectivity index (χ0v) is 14.8. The molecule has 26 heavy (non-hydrogen) atoms. The predicted octanol–water partition coefficient (Wildman–Crippen LogP) is 0.324. The van der Waals surface area contributed by atoms with Gasteiger partial charge in [0.15, 0.2) is 0 Å². The number of nitrogens with zero attached hydrogens (tertiary/aromatic N) is 2. The number of amides is 4. The number of rotatable bonds is 5. The Labute approximate surface area is 151 Å². The highest BCUT2D eigenvalue weighted by Crippen LogP contribution is 2.03. The van der Waals surface area contributed by atoms with Gasteiger partial charge >= 0.3 is 6.03 Å². The fourth-order valence-electron chi connectivity index (χ4n) is 2.50. The van der Waals surface area contributed by atoms with Crippen LogP contribution in [0.15, 0.2) is 24.3 Å². The highest BCUT2D eigenvalue weighted by atomic mass is 19.1. The first kappa shape index (κ1) is 19.6. The van der Waals surface area contributed by atoms with Crippen LogP contribution in [0, 0.1) is 5.82 Å². The van der Waals surface area contributed by atoms with E-state index in [1.54, 1.807) is 4.90 Å². The van der Waals surface area contributed by atoms with Gasteiger partial charge in [-0.05, 0) is 30.7 Å². The molecule has 1 saturated heterocycles. The fourth-order valence-corrected chi connectivity index (χ4v) is 2.50. The smallest absolute Gasteiger partial charge is 0.336 e. The summed E-state index contributed by atoms with van der Waals surface area (Å²) in [5.74, 6) is -0.979. The third kappa shape index (κ3) is 5.99. The van der Waals surface area contributed by atoms with Crippen molar-refractivity contribution in [2.45, 2.75) is 13.3 Å². The molecule has 0 unspecified atom stereocenters. The van der Waals surface area contributed by atoms with Crippen molar-refractivity contribution >= 4 is 17.8 Å². The molecule has 142 valence electrons. The Hall–Kier alpha value is -2.68. The molecule has 0 aliphatic carbocycles. The predicted molar refractivity (Wildman–Crippen MR) is 93.7 cm³/mol. The number of hydrogen-bond acceptors (Lipinski definition) is 4. The van der Waals surface area contributed by atoms with Gasteiger partial charge in [0.05, 0.1) is 6.54 Å². The van der Waals surface area contributed by atoms with Gasteiger partial charge in [0.2, 0.25) is 5.91 Å². The van der Waals surface area contributed by atoms with Crippen molar-refractivity contribution in [1.29, 1.82) is 0 Å². The first-order chi connectivity index (χ1) is 12.5. The van der Waals surface area contributed by atoms with Crippen LogP contribution in [0.1, 0.15) is 23.7 Å². The average Bonchev–Trinajstić information content (AvgIpc) is 2.65. The van der Waals surface area contributed by atoms with E-state index in [2.05, 4.69) is 16.2 Å². The SMILES string of the molecule is CCCNC(=O)CN1CCN(C(=O)NNC(=O)c2ccc(F)cc2)CC1. The summed E-state index contributed by atoms with van der Waals surface area (Å²) in [6, 6.07) is 4.59. The zero-order chi connectivity index (χ0) is 18.9. The summed E-state index contributed by atoms with van der Waals surface area (Å²) >= 11 is 0. The maximum absolute atomic E-state index is 12.8. The molecule has 1 heterocycles. The van der Waals surface area contributed by atoms with Gasteiger partial charge in [0, 0.05) is 38.3 Å². The largest absolute Gasteiger partial charge is 0.355 e. The number of halogens is 1. The van der Waals surface area contributed by atoms with Gasteiger partial charge in [-0.15, -0.1) is 0 Å². The van der Waals surface area contributed by atoms with Crippen LogP contribution in [0.25, 0.3) is 0 Å². The summed E-state index contributed by atoms with van der Waals surface area (Å²) < 4.78 is 12.8. The van der Waals surface area contributed by atoms with Crippen LogP contribution in [0.4, 0.5) is 9.18 Å². The average molecular weight is 365 g/mol. The van der Waals surface area contributed by atoms with Crippen LogP contribution in [-0.2, 0) is 4.79 Å². The monoisotopic (exact) mass is 365 g/mol. The van der Waals surface area contributed by atoms with Gasteiger partial charge in [-0.3, -0.25) is 19.9 Å². The van der Waals surface area contributed by atoms with E-state index in [1.165, 1.54) is 24.3 Å². The Balaban J connectivity index is 1.70. The molecule has 1 aromatic rings. The summed E-state index contributed by atoms with van der Waals surface area (Å²) in [7, 11) is 0. The molecular formula is C17H24FN5O3. The molecule has 1 fully saturated rings. The summed E-state index contributed by atoms with van der Waals surface area (Å²) in [6.45, 7) is 5.05. The van der Waals surface area contributed by atoms with E-state index < -0.39 is 17.8 Å². The van der Waals surface area contributed by atoms with Crippen LogP contribution in [0.3, 0.4) is 0 Å². The van der Waals surface area contributed by atoms with Crippen molar-refractivity contribution < 1.29 is 18.8 Å². The molecule has 3 N–H and O–H groups in total. The van der Waals surface area contributed by atoms with Gasteiger partial charge in [0.1, 0.15) is 5.82 Å². The van der Waals surface area contributed by atoms with Crippen LogP contribution < -0.4 is 16.2 Å². The second kappa shape index (κ2) is 9.71. The van der Waals surface area contributed by atoms with Crippen molar-refractivity contribution in [3.8, 4) is 0 Å². The molecule has 4 amide bonds. The lowest BCUT2D eigenvalue weighted by Crippen LogP contribution is -2.56. The summed E-state index contributed by atoms with van der Waals surface area (Å²) in [5, 5.41) is 2.82. The van der Waals surface area contributed by atoms with Gasteiger partial charge in [-0.2, -0.15) is 0 Å². The highest BCUT2D eigenvalue weighted by molar-refractivity contribution is 5.95. The second-order valence-electron chi connectivity index (χ2n) is 6.00. The minimum absolute atomic E-state index is 0.0173. The standard InChI is InChI=1S/C17H24FN5O3/c1-2-7-19-15(24)12-22-8-10-23(11-9-22)17(26)21-20-16(25)13-3-5-14(18)6-4-13/h3-6H,2,7-12H2,1H3,(H,19,24)(H,20,25)(H,21,26). The number of nitrogens with one attached hydrogen (secondary N) is 3. The molecule has 0 bridgehead atoms. The number of piperazine rings is 1. The molecule has 2 rings (SSSR count). The lowest BCUT2D eigenvalue weighted by Gasteiger charge is -2.34. The van der Waals surface area contributed by atoms with E-state index in [0.717, 1.165) is 6.42 Å². The summed E-state index contributed by atoms with van der Waals surface area (Å²) in [4.78, 5) is 39.2. The van der Waals surface area contributed by atoms with E-state index in [-0.39, 0.29) is 11.5 Å². The number of urea groups is 1. The number of benzene rings is 1. The maximum atomic E-state index is 12.8. The van der Waals surface area contributed by atoms with E-state index in [1.807, 2.05) is 11.8 Å². The van der Waals surface area contributed by atoms with E-state index >= 15 is 0 Å². The minimum Gasteiger partial charge on any atom is -0.355 e. The second-order valence-corrected chi connectivity index (χ2v) is 6.00.